The standard InChI is InChI=1S/C35H33NO9/c1-4-23-17-26(7-10-31(23)43-15-16-44-34(40)21(2)20-37)45-35(41)24-5-8-27-28-9-6-25(19-30(28)22(3)29(27)18-24)42-14-13-36-32(38)11-12-33(36)39/h5-12,17-19,22,37H,2,4,13-16,20H2,1,3H3. The number of aryl methyl sites for hydroxylation is 1. The van der Waals surface area contributed by atoms with Crippen LogP contribution < -0.4 is 14.2 Å². The first kappa shape index (κ1) is 31.2. The highest BCUT2D eigenvalue weighted by molar-refractivity contribution is 6.12. The Morgan fingerprint density at radius 1 is 0.867 bits per heavy atom. The second-order valence-electron chi connectivity index (χ2n) is 10.5. The molecule has 0 spiro atoms. The van der Waals surface area contributed by atoms with Gasteiger partial charge in [-0.15, -0.1) is 0 Å². The molecule has 0 radical (unpaired) electrons. The van der Waals surface area contributed by atoms with Crippen LogP contribution in [0.1, 0.15) is 46.8 Å². The van der Waals surface area contributed by atoms with Crippen LogP contribution in [0.15, 0.2) is 78.9 Å². The number of fused-ring (bicyclic) bond motifs is 3. The van der Waals surface area contributed by atoms with E-state index in [0.29, 0.717) is 29.2 Å². The molecule has 0 saturated carbocycles. The number of nitrogens with zero attached hydrogens (tertiary/aromatic N) is 1. The minimum Gasteiger partial charge on any atom is -0.492 e. The van der Waals surface area contributed by atoms with Gasteiger partial charge in [0, 0.05) is 18.1 Å². The quantitative estimate of drug-likeness (QED) is 0.0985. The molecule has 45 heavy (non-hydrogen) atoms. The molecule has 1 aliphatic heterocycles. The summed E-state index contributed by atoms with van der Waals surface area (Å²) in [6.45, 7) is 7.41. The second kappa shape index (κ2) is 13.6. The summed E-state index contributed by atoms with van der Waals surface area (Å²) in [5, 5.41) is 8.94. The lowest BCUT2D eigenvalue weighted by Gasteiger charge is -2.15. The van der Waals surface area contributed by atoms with Gasteiger partial charge in [0.1, 0.15) is 37.1 Å². The fourth-order valence-electron chi connectivity index (χ4n) is 5.26. The monoisotopic (exact) mass is 611 g/mol. The number of hydrogen-bond acceptors (Lipinski definition) is 9. The summed E-state index contributed by atoms with van der Waals surface area (Å²) in [5.74, 6) is -0.256. The number of benzene rings is 3. The predicted octanol–water partition coefficient (Wildman–Crippen LogP) is 4.37. The van der Waals surface area contributed by atoms with Crippen molar-refractivity contribution in [1.82, 2.24) is 4.90 Å². The third-order valence-corrected chi connectivity index (χ3v) is 7.69. The van der Waals surface area contributed by atoms with E-state index in [1.54, 1.807) is 24.3 Å². The number of carbonyl (C=O) groups excluding carboxylic acids is 4. The summed E-state index contributed by atoms with van der Waals surface area (Å²) in [7, 11) is 0. The van der Waals surface area contributed by atoms with Crippen LogP contribution in [0, 0.1) is 0 Å². The van der Waals surface area contributed by atoms with E-state index < -0.39 is 18.5 Å². The van der Waals surface area contributed by atoms with Crippen molar-refractivity contribution < 1.29 is 43.2 Å². The van der Waals surface area contributed by atoms with Gasteiger partial charge in [-0.1, -0.05) is 32.6 Å². The van der Waals surface area contributed by atoms with Gasteiger partial charge < -0.3 is 24.1 Å². The number of hydrogen-bond donors (Lipinski definition) is 1. The second-order valence-corrected chi connectivity index (χ2v) is 10.5. The molecule has 0 fully saturated rings. The van der Waals surface area contributed by atoms with E-state index in [9.17, 15) is 19.2 Å². The zero-order valence-corrected chi connectivity index (χ0v) is 25.0. The SMILES string of the molecule is C=C(CO)C(=O)OCCOc1ccc(OC(=O)c2ccc3c(c2)C(C)c2cc(OCCN4C(=O)C=CC4=O)ccc2-3)cc1CC. The van der Waals surface area contributed by atoms with Crippen LogP contribution in [0.4, 0.5) is 0 Å². The van der Waals surface area contributed by atoms with Crippen LogP contribution in [0.3, 0.4) is 0 Å². The Morgan fingerprint density at radius 2 is 1.56 bits per heavy atom. The maximum Gasteiger partial charge on any atom is 0.343 e. The van der Waals surface area contributed by atoms with Crippen molar-refractivity contribution in [3.63, 3.8) is 0 Å². The molecule has 2 aliphatic rings. The van der Waals surface area contributed by atoms with Crippen molar-refractivity contribution in [2.75, 3.05) is 33.0 Å². The first-order valence-corrected chi connectivity index (χ1v) is 14.6. The van der Waals surface area contributed by atoms with E-state index in [1.807, 2.05) is 37.3 Å². The summed E-state index contributed by atoms with van der Waals surface area (Å²) >= 11 is 0. The first-order chi connectivity index (χ1) is 21.7. The lowest BCUT2D eigenvalue weighted by atomic mass is 9.98. The minimum absolute atomic E-state index is 0.00125. The Hall–Kier alpha value is -5.22. The Morgan fingerprint density at radius 3 is 2.27 bits per heavy atom. The average molecular weight is 612 g/mol. The Labute approximate surface area is 260 Å². The minimum atomic E-state index is -0.677. The Kier molecular flexibility index (Phi) is 9.44. The topological polar surface area (TPSA) is 129 Å². The summed E-state index contributed by atoms with van der Waals surface area (Å²) < 4.78 is 22.3. The van der Waals surface area contributed by atoms with E-state index in [-0.39, 0.29) is 49.7 Å². The van der Waals surface area contributed by atoms with Crippen LogP contribution in [0.2, 0.25) is 0 Å². The van der Waals surface area contributed by atoms with Crippen molar-refractivity contribution in [2.45, 2.75) is 26.2 Å². The highest BCUT2D eigenvalue weighted by Crippen LogP contribution is 2.46. The maximum atomic E-state index is 13.2. The number of aliphatic hydroxyl groups is 1. The number of imide groups is 1. The lowest BCUT2D eigenvalue weighted by Crippen LogP contribution is -2.33. The van der Waals surface area contributed by atoms with Crippen molar-refractivity contribution >= 4 is 23.8 Å². The van der Waals surface area contributed by atoms with Gasteiger partial charge in [0.15, 0.2) is 0 Å². The molecule has 1 unspecified atom stereocenters. The van der Waals surface area contributed by atoms with Crippen molar-refractivity contribution in [3.05, 3.63) is 101 Å². The van der Waals surface area contributed by atoms with E-state index in [0.717, 1.165) is 32.7 Å². The molecule has 10 heteroatoms. The number of esters is 2. The fourth-order valence-corrected chi connectivity index (χ4v) is 5.26. The van der Waals surface area contributed by atoms with Gasteiger partial charge >= 0.3 is 11.9 Å². The smallest absolute Gasteiger partial charge is 0.343 e. The molecule has 1 N–H and O–H groups in total. The van der Waals surface area contributed by atoms with Gasteiger partial charge in [0.2, 0.25) is 0 Å². The zero-order valence-electron chi connectivity index (χ0n) is 25.0. The summed E-state index contributed by atoms with van der Waals surface area (Å²) in [5.41, 5.74) is 5.34. The number of aliphatic hydroxyl groups excluding tert-OH is 1. The van der Waals surface area contributed by atoms with Crippen LogP contribution in [0.5, 0.6) is 17.2 Å². The van der Waals surface area contributed by atoms with E-state index >= 15 is 0 Å². The van der Waals surface area contributed by atoms with E-state index in [1.165, 1.54) is 12.2 Å². The molecule has 0 bridgehead atoms. The molecular weight excluding hydrogens is 578 g/mol. The molecule has 2 amide bonds. The molecule has 232 valence electrons. The highest BCUT2D eigenvalue weighted by Gasteiger charge is 2.28. The Balaban J connectivity index is 1.19. The summed E-state index contributed by atoms with van der Waals surface area (Å²) in [4.78, 5) is 49.4. The molecule has 5 rings (SSSR count). The van der Waals surface area contributed by atoms with Gasteiger partial charge in [-0.2, -0.15) is 0 Å². The number of ether oxygens (including phenoxy) is 4. The van der Waals surface area contributed by atoms with Crippen molar-refractivity contribution in [3.8, 4) is 28.4 Å². The van der Waals surface area contributed by atoms with Crippen LogP contribution in [-0.4, -0.2) is 66.7 Å². The normalized spacial score (nSPS) is 14.6. The molecule has 3 aromatic carbocycles. The fraction of sp³-hybridized carbons (Fsp3) is 0.257. The first-order valence-electron chi connectivity index (χ1n) is 14.6. The molecule has 1 atom stereocenters. The van der Waals surface area contributed by atoms with Gasteiger partial charge in [0.05, 0.1) is 24.3 Å². The van der Waals surface area contributed by atoms with Crippen molar-refractivity contribution in [2.24, 2.45) is 0 Å². The number of amides is 2. The number of carbonyl (C=O) groups is 4. The van der Waals surface area contributed by atoms with Crippen molar-refractivity contribution in [1.29, 1.82) is 0 Å². The maximum absolute atomic E-state index is 13.2. The zero-order chi connectivity index (χ0) is 32.1. The van der Waals surface area contributed by atoms with Gasteiger partial charge in [0.25, 0.3) is 11.8 Å². The van der Waals surface area contributed by atoms with Crippen LogP contribution in [0.25, 0.3) is 11.1 Å². The molecule has 0 aromatic heterocycles. The van der Waals surface area contributed by atoms with E-state index in [4.69, 9.17) is 24.1 Å². The molecule has 1 heterocycles. The molecular formula is C35H33NO9. The molecule has 0 saturated heterocycles. The van der Waals surface area contributed by atoms with Gasteiger partial charge in [-0.05, 0) is 76.7 Å². The van der Waals surface area contributed by atoms with E-state index in [2.05, 4.69) is 13.5 Å². The summed E-state index contributed by atoms with van der Waals surface area (Å²) in [6, 6.07) is 16.4. The third-order valence-electron chi connectivity index (χ3n) is 7.69. The number of rotatable bonds is 13. The lowest BCUT2D eigenvalue weighted by molar-refractivity contribution is -0.140. The molecule has 10 nitrogen and oxygen atoms in total. The largest absolute Gasteiger partial charge is 0.492 e. The average Bonchev–Trinajstić information content (AvgIpc) is 3.52. The predicted molar refractivity (Wildman–Crippen MR) is 164 cm³/mol. The summed E-state index contributed by atoms with van der Waals surface area (Å²) in [6.07, 6.45) is 3.12. The van der Waals surface area contributed by atoms with Gasteiger partial charge in [-0.3, -0.25) is 14.5 Å². The molecule has 1 aliphatic carbocycles. The van der Waals surface area contributed by atoms with Crippen LogP contribution in [-0.2, 0) is 25.5 Å². The van der Waals surface area contributed by atoms with Crippen LogP contribution >= 0.6 is 0 Å². The highest BCUT2D eigenvalue weighted by atomic mass is 16.6. The Bertz CT molecular complexity index is 1690. The third kappa shape index (κ3) is 6.81. The molecule has 3 aromatic rings. The van der Waals surface area contributed by atoms with Gasteiger partial charge in [-0.25, -0.2) is 9.59 Å².